The lowest BCUT2D eigenvalue weighted by atomic mass is 10.4. The van der Waals surface area contributed by atoms with Crippen LogP contribution in [0.5, 0.6) is 0 Å². The Morgan fingerprint density at radius 1 is 1.50 bits per heavy atom. The van der Waals surface area contributed by atoms with Crippen LogP contribution < -0.4 is 5.32 Å². The first-order valence-electron chi connectivity index (χ1n) is 4.76. The number of ether oxygens (including phenoxy) is 1. The Labute approximate surface area is 83.8 Å². The molecule has 0 fully saturated rings. The van der Waals surface area contributed by atoms with Crippen LogP contribution in [0.4, 0.5) is 0 Å². The van der Waals surface area contributed by atoms with E-state index in [9.17, 15) is 0 Å². The van der Waals surface area contributed by atoms with Gasteiger partial charge in [0.25, 0.3) is 0 Å². The highest BCUT2D eigenvalue weighted by atomic mass is 16.5. The van der Waals surface area contributed by atoms with Crippen LogP contribution in [0.25, 0.3) is 0 Å². The topological polar surface area (TPSA) is 60.2 Å². The molecule has 1 aromatic heterocycles. The molecule has 0 unspecified atom stereocenters. The van der Waals surface area contributed by atoms with Crippen LogP contribution in [0.2, 0.25) is 0 Å². The molecule has 0 aliphatic heterocycles. The van der Waals surface area contributed by atoms with Gasteiger partial charge in [0.2, 0.25) is 5.89 Å². The van der Waals surface area contributed by atoms with Crippen molar-refractivity contribution in [2.24, 2.45) is 0 Å². The molecule has 1 aromatic rings. The largest absolute Gasteiger partial charge is 0.384 e. The molecule has 5 heteroatoms. The summed E-state index contributed by atoms with van der Waals surface area (Å²) < 4.78 is 9.93. The van der Waals surface area contributed by atoms with Gasteiger partial charge in [-0.05, 0) is 0 Å². The van der Waals surface area contributed by atoms with E-state index in [0.29, 0.717) is 37.3 Å². The molecule has 1 rings (SSSR count). The number of hydrogen-bond acceptors (Lipinski definition) is 5. The van der Waals surface area contributed by atoms with Crippen molar-refractivity contribution in [2.45, 2.75) is 32.9 Å². The Bertz CT molecular complexity index is 260. The Kier molecular flexibility index (Phi) is 4.55. The number of aromatic nitrogens is 2. The van der Waals surface area contributed by atoms with Gasteiger partial charge in [0.15, 0.2) is 5.82 Å². The van der Waals surface area contributed by atoms with E-state index in [2.05, 4.69) is 29.3 Å². The highest BCUT2D eigenvalue weighted by Crippen LogP contribution is 1.98. The van der Waals surface area contributed by atoms with Crippen molar-refractivity contribution in [1.82, 2.24) is 15.5 Å². The Hall–Kier alpha value is -0.940. The van der Waals surface area contributed by atoms with E-state index in [1.807, 2.05) is 0 Å². The summed E-state index contributed by atoms with van der Waals surface area (Å²) in [5.74, 6) is 1.33. The zero-order valence-corrected chi connectivity index (χ0v) is 8.91. The van der Waals surface area contributed by atoms with E-state index in [0.717, 1.165) is 0 Å². The van der Waals surface area contributed by atoms with Gasteiger partial charge in [0.05, 0.1) is 19.6 Å². The van der Waals surface area contributed by atoms with E-state index >= 15 is 0 Å². The minimum atomic E-state index is 0.427. The molecule has 1 heterocycles. The van der Waals surface area contributed by atoms with Gasteiger partial charge in [0, 0.05) is 13.2 Å². The number of methoxy groups -OCH3 is 1. The van der Waals surface area contributed by atoms with Crippen LogP contribution in [0, 0.1) is 0 Å². The van der Waals surface area contributed by atoms with Crippen LogP contribution in [0.15, 0.2) is 4.52 Å². The number of nitrogens with zero attached hydrogens (tertiary/aromatic N) is 2. The second kappa shape index (κ2) is 5.72. The fourth-order valence-electron chi connectivity index (χ4n) is 0.948. The summed E-state index contributed by atoms with van der Waals surface area (Å²) in [7, 11) is 1.65. The summed E-state index contributed by atoms with van der Waals surface area (Å²) >= 11 is 0. The van der Waals surface area contributed by atoms with Crippen LogP contribution in [-0.4, -0.2) is 29.9 Å². The minimum Gasteiger partial charge on any atom is -0.384 e. The SMILES string of the molecule is COCCc1nc(CNC(C)C)no1. The van der Waals surface area contributed by atoms with Gasteiger partial charge < -0.3 is 14.6 Å². The van der Waals surface area contributed by atoms with Crippen molar-refractivity contribution in [1.29, 1.82) is 0 Å². The third-order valence-electron chi connectivity index (χ3n) is 1.70. The van der Waals surface area contributed by atoms with E-state index in [1.165, 1.54) is 0 Å². The first-order valence-corrected chi connectivity index (χ1v) is 4.76. The Balaban J connectivity index is 2.35. The normalized spacial score (nSPS) is 11.1. The molecule has 0 bridgehead atoms. The average Bonchev–Trinajstić information content (AvgIpc) is 2.59. The van der Waals surface area contributed by atoms with Gasteiger partial charge in [-0.1, -0.05) is 19.0 Å². The average molecular weight is 199 g/mol. The van der Waals surface area contributed by atoms with Crippen LogP contribution in [-0.2, 0) is 17.7 Å². The highest BCUT2D eigenvalue weighted by molar-refractivity contribution is 4.86. The monoisotopic (exact) mass is 199 g/mol. The molecule has 0 radical (unpaired) electrons. The predicted octanol–water partition coefficient (Wildman–Crippen LogP) is 0.756. The third-order valence-corrected chi connectivity index (χ3v) is 1.70. The van der Waals surface area contributed by atoms with Crippen molar-refractivity contribution < 1.29 is 9.26 Å². The van der Waals surface area contributed by atoms with Gasteiger partial charge >= 0.3 is 0 Å². The lowest BCUT2D eigenvalue weighted by Gasteiger charge is -2.03. The van der Waals surface area contributed by atoms with Crippen molar-refractivity contribution in [2.75, 3.05) is 13.7 Å². The van der Waals surface area contributed by atoms with E-state index in [-0.39, 0.29) is 0 Å². The highest BCUT2D eigenvalue weighted by Gasteiger charge is 2.05. The molecule has 0 saturated heterocycles. The lowest BCUT2D eigenvalue weighted by molar-refractivity contribution is 0.192. The first-order chi connectivity index (χ1) is 6.72. The molecule has 0 atom stereocenters. The molecule has 0 saturated carbocycles. The number of hydrogen-bond donors (Lipinski definition) is 1. The summed E-state index contributed by atoms with van der Waals surface area (Å²) in [6, 6.07) is 0.427. The fourth-order valence-corrected chi connectivity index (χ4v) is 0.948. The summed E-state index contributed by atoms with van der Waals surface area (Å²) in [6.45, 7) is 5.41. The van der Waals surface area contributed by atoms with E-state index < -0.39 is 0 Å². The van der Waals surface area contributed by atoms with Crippen molar-refractivity contribution >= 4 is 0 Å². The maximum Gasteiger partial charge on any atom is 0.229 e. The van der Waals surface area contributed by atoms with Gasteiger partial charge in [-0.25, -0.2) is 0 Å². The summed E-state index contributed by atoms with van der Waals surface area (Å²) in [5, 5.41) is 7.05. The van der Waals surface area contributed by atoms with Crippen molar-refractivity contribution in [3.63, 3.8) is 0 Å². The molecule has 80 valence electrons. The maximum absolute atomic E-state index is 5.02. The van der Waals surface area contributed by atoms with Gasteiger partial charge in [-0.15, -0.1) is 0 Å². The number of nitrogens with one attached hydrogen (secondary N) is 1. The zero-order valence-electron chi connectivity index (χ0n) is 8.91. The predicted molar refractivity (Wildman–Crippen MR) is 51.9 cm³/mol. The van der Waals surface area contributed by atoms with Crippen molar-refractivity contribution in [3.8, 4) is 0 Å². The van der Waals surface area contributed by atoms with Crippen LogP contribution >= 0.6 is 0 Å². The molecule has 0 spiro atoms. The second-order valence-electron chi connectivity index (χ2n) is 3.38. The quantitative estimate of drug-likeness (QED) is 0.732. The molecule has 5 nitrogen and oxygen atoms in total. The van der Waals surface area contributed by atoms with E-state index in [4.69, 9.17) is 9.26 Å². The lowest BCUT2D eigenvalue weighted by Crippen LogP contribution is -2.22. The Morgan fingerprint density at radius 2 is 2.29 bits per heavy atom. The van der Waals surface area contributed by atoms with Gasteiger partial charge in [-0.3, -0.25) is 0 Å². The molecular weight excluding hydrogens is 182 g/mol. The van der Waals surface area contributed by atoms with E-state index in [1.54, 1.807) is 7.11 Å². The van der Waals surface area contributed by atoms with Crippen LogP contribution in [0.1, 0.15) is 25.6 Å². The van der Waals surface area contributed by atoms with Gasteiger partial charge in [-0.2, -0.15) is 4.98 Å². The molecule has 1 N–H and O–H groups in total. The van der Waals surface area contributed by atoms with Crippen LogP contribution in [0.3, 0.4) is 0 Å². The fraction of sp³-hybridized carbons (Fsp3) is 0.778. The summed E-state index contributed by atoms with van der Waals surface area (Å²) in [5.41, 5.74) is 0. The smallest absolute Gasteiger partial charge is 0.229 e. The molecule has 0 amide bonds. The molecule has 0 aromatic carbocycles. The first kappa shape index (κ1) is 11.1. The van der Waals surface area contributed by atoms with Crippen molar-refractivity contribution in [3.05, 3.63) is 11.7 Å². The minimum absolute atomic E-state index is 0.427. The Morgan fingerprint density at radius 3 is 2.93 bits per heavy atom. The maximum atomic E-state index is 5.02. The van der Waals surface area contributed by atoms with Gasteiger partial charge in [0.1, 0.15) is 0 Å². The molecule has 14 heavy (non-hydrogen) atoms. The summed E-state index contributed by atoms with van der Waals surface area (Å²) in [6.07, 6.45) is 0.672. The standard InChI is InChI=1S/C9H17N3O2/c1-7(2)10-6-8-11-9(14-12-8)4-5-13-3/h7,10H,4-6H2,1-3H3. The molecular formula is C9H17N3O2. The number of rotatable bonds is 6. The third kappa shape index (κ3) is 3.85. The summed E-state index contributed by atoms with van der Waals surface area (Å²) in [4.78, 5) is 4.20. The zero-order chi connectivity index (χ0) is 10.4. The molecule has 0 aliphatic carbocycles. The second-order valence-corrected chi connectivity index (χ2v) is 3.38. The molecule has 0 aliphatic rings.